The van der Waals surface area contributed by atoms with Gasteiger partial charge in [0.2, 0.25) is 0 Å². The van der Waals surface area contributed by atoms with Gasteiger partial charge in [-0.1, -0.05) is 30.3 Å². The van der Waals surface area contributed by atoms with Gasteiger partial charge >= 0.3 is 6.09 Å². The predicted molar refractivity (Wildman–Crippen MR) is 126 cm³/mol. The molecule has 0 saturated carbocycles. The summed E-state index contributed by atoms with van der Waals surface area (Å²) in [5.41, 5.74) is 3.65. The summed E-state index contributed by atoms with van der Waals surface area (Å²) < 4.78 is 11.0. The molecule has 1 saturated heterocycles. The van der Waals surface area contributed by atoms with Crippen molar-refractivity contribution in [2.45, 2.75) is 26.0 Å². The van der Waals surface area contributed by atoms with Crippen LogP contribution < -0.4 is 10.6 Å². The molecule has 2 N–H and O–H groups in total. The molecule has 2 heterocycles. The number of nitrogens with zero attached hydrogens (tertiary/aromatic N) is 2. The highest BCUT2D eigenvalue weighted by molar-refractivity contribution is 5.85. The van der Waals surface area contributed by atoms with Crippen LogP contribution in [0.25, 0.3) is 11.1 Å². The zero-order valence-corrected chi connectivity index (χ0v) is 19.0. The highest BCUT2D eigenvalue weighted by atomic mass is 35.5. The third kappa shape index (κ3) is 6.75. The molecule has 9 heteroatoms. The topological polar surface area (TPSA) is 79.6 Å². The number of hydrogen-bond acceptors (Lipinski definition) is 6. The van der Waals surface area contributed by atoms with E-state index in [-0.39, 0.29) is 36.9 Å². The van der Waals surface area contributed by atoms with Gasteiger partial charge in [-0.3, -0.25) is 0 Å². The molecule has 0 unspecified atom stereocenters. The molecule has 1 aliphatic heterocycles. The van der Waals surface area contributed by atoms with Gasteiger partial charge in [0, 0.05) is 50.9 Å². The molecule has 0 bridgehead atoms. The smallest absolute Gasteiger partial charge is 0.410 e. The Balaban J connectivity index is 0.00000171. The van der Waals surface area contributed by atoms with Crippen LogP contribution in [0.4, 0.5) is 10.5 Å². The summed E-state index contributed by atoms with van der Waals surface area (Å²) in [6.45, 7) is 5.03. The van der Waals surface area contributed by atoms with Crippen LogP contribution in [-0.4, -0.2) is 48.2 Å². The van der Waals surface area contributed by atoms with E-state index in [4.69, 9.17) is 9.15 Å². The number of aromatic nitrogens is 1. The minimum atomic E-state index is -0.251. The molecule has 7 nitrogen and oxygen atoms in total. The van der Waals surface area contributed by atoms with Gasteiger partial charge in [-0.15, -0.1) is 24.8 Å². The number of fused-ring (bicyclic) bond motifs is 1. The Bertz CT molecular complexity index is 968. The second-order valence-corrected chi connectivity index (χ2v) is 7.27. The molecule has 0 spiro atoms. The van der Waals surface area contributed by atoms with E-state index in [1.165, 1.54) is 0 Å². The highest BCUT2D eigenvalue weighted by Crippen LogP contribution is 2.20. The molecule has 0 aliphatic carbocycles. The maximum absolute atomic E-state index is 12.4. The normalized spacial score (nSPS) is 15.6. The van der Waals surface area contributed by atoms with Crippen molar-refractivity contribution in [3.05, 3.63) is 60.0 Å². The van der Waals surface area contributed by atoms with Crippen molar-refractivity contribution in [2.24, 2.45) is 0 Å². The number of aryl methyl sites for hydroxylation is 1. The van der Waals surface area contributed by atoms with Gasteiger partial charge in [-0.2, -0.15) is 0 Å². The summed E-state index contributed by atoms with van der Waals surface area (Å²) in [5, 5.41) is 6.90. The highest BCUT2D eigenvalue weighted by Gasteiger charge is 2.24. The lowest BCUT2D eigenvalue weighted by atomic mass is 10.1. The van der Waals surface area contributed by atoms with E-state index in [9.17, 15) is 4.79 Å². The van der Waals surface area contributed by atoms with Gasteiger partial charge in [0.1, 0.15) is 12.1 Å². The van der Waals surface area contributed by atoms with Crippen molar-refractivity contribution in [1.29, 1.82) is 0 Å². The number of hydrogen-bond donors (Lipinski definition) is 2. The molecule has 1 fully saturated rings. The van der Waals surface area contributed by atoms with E-state index in [1.54, 1.807) is 4.90 Å². The lowest BCUT2D eigenvalue weighted by Crippen LogP contribution is -2.53. The zero-order chi connectivity index (χ0) is 20.1. The number of anilines is 1. The Morgan fingerprint density at radius 2 is 2.06 bits per heavy atom. The van der Waals surface area contributed by atoms with Crippen molar-refractivity contribution < 1.29 is 13.9 Å². The largest absolute Gasteiger partial charge is 0.445 e. The molecule has 1 atom stereocenters. The Morgan fingerprint density at radius 3 is 2.87 bits per heavy atom. The van der Waals surface area contributed by atoms with Gasteiger partial charge in [0.05, 0.1) is 0 Å². The van der Waals surface area contributed by atoms with Gasteiger partial charge in [0.25, 0.3) is 0 Å². The molecule has 3 aromatic rings. The summed E-state index contributed by atoms with van der Waals surface area (Å²) in [6.07, 6.45) is 0.648. The van der Waals surface area contributed by atoms with Crippen LogP contribution in [-0.2, 0) is 11.3 Å². The van der Waals surface area contributed by atoms with Gasteiger partial charge in [0.15, 0.2) is 11.5 Å². The molecule has 168 valence electrons. The van der Waals surface area contributed by atoms with Gasteiger partial charge in [-0.05, 0) is 24.1 Å². The lowest BCUT2D eigenvalue weighted by molar-refractivity contribution is 0.0845. The summed E-state index contributed by atoms with van der Waals surface area (Å²) in [5.74, 6) is 0.669. The summed E-state index contributed by atoms with van der Waals surface area (Å²) in [4.78, 5) is 18.5. The number of nitrogens with one attached hydrogen (secondary N) is 2. The Morgan fingerprint density at radius 1 is 1.26 bits per heavy atom. The van der Waals surface area contributed by atoms with Crippen LogP contribution in [0, 0.1) is 6.92 Å². The Labute approximate surface area is 194 Å². The van der Waals surface area contributed by atoms with Crippen LogP contribution in [0.2, 0.25) is 0 Å². The number of amides is 1. The first-order chi connectivity index (χ1) is 14.2. The average molecular weight is 467 g/mol. The number of halogens is 2. The molecule has 0 radical (unpaired) electrons. The number of ether oxygens (including phenoxy) is 1. The summed E-state index contributed by atoms with van der Waals surface area (Å²) in [7, 11) is 0. The minimum Gasteiger partial charge on any atom is -0.445 e. The fourth-order valence-electron chi connectivity index (χ4n) is 3.54. The van der Waals surface area contributed by atoms with E-state index in [0.29, 0.717) is 25.6 Å². The standard InChI is InChI=1S/C22H26N4O3.2ClH/c1-16-25-20-8-7-18(13-21(20)29-16)23-10-9-19-14-26(12-11-24-19)22(27)28-15-17-5-3-2-4-6-17;;/h2-8,13,19,23-24H,9-12,14-15H2,1H3;2*1H/t19-;;/m1../s1. The summed E-state index contributed by atoms with van der Waals surface area (Å²) in [6, 6.07) is 15.9. The Kier molecular flexibility index (Phi) is 9.43. The Hall–Kier alpha value is -2.48. The third-order valence-corrected chi connectivity index (χ3v) is 5.04. The molecule has 2 aromatic carbocycles. The van der Waals surface area contributed by atoms with Crippen LogP contribution in [0.5, 0.6) is 0 Å². The van der Waals surface area contributed by atoms with Crippen LogP contribution in [0.3, 0.4) is 0 Å². The molecule has 1 amide bonds. The van der Waals surface area contributed by atoms with Gasteiger partial charge in [-0.25, -0.2) is 9.78 Å². The van der Waals surface area contributed by atoms with E-state index in [2.05, 4.69) is 15.6 Å². The van der Waals surface area contributed by atoms with Crippen LogP contribution in [0.1, 0.15) is 17.9 Å². The minimum absolute atomic E-state index is 0. The molecular weight excluding hydrogens is 439 g/mol. The fourth-order valence-corrected chi connectivity index (χ4v) is 3.54. The fraction of sp³-hybridized carbons (Fsp3) is 0.364. The predicted octanol–water partition coefficient (Wildman–Crippen LogP) is 4.39. The average Bonchev–Trinajstić information content (AvgIpc) is 3.12. The van der Waals surface area contributed by atoms with E-state index >= 15 is 0 Å². The first kappa shape index (κ1) is 24.8. The van der Waals surface area contributed by atoms with Crippen LogP contribution >= 0.6 is 24.8 Å². The van der Waals surface area contributed by atoms with Crippen molar-refractivity contribution in [2.75, 3.05) is 31.5 Å². The SMILES string of the molecule is Cc1nc2ccc(NCC[C@@H]3CN(C(=O)OCc4ccccc4)CCN3)cc2o1.Cl.Cl. The van der Waals surface area contributed by atoms with E-state index < -0.39 is 0 Å². The third-order valence-electron chi connectivity index (χ3n) is 5.04. The van der Waals surface area contributed by atoms with Crippen molar-refractivity contribution in [1.82, 2.24) is 15.2 Å². The molecule has 1 aromatic heterocycles. The number of rotatable bonds is 6. The second-order valence-electron chi connectivity index (χ2n) is 7.27. The van der Waals surface area contributed by atoms with Gasteiger partial charge < -0.3 is 24.7 Å². The van der Waals surface area contributed by atoms with Crippen molar-refractivity contribution in [3.63, 3.8) is 0 Å². The van der Waals surface area contributed by atoms with E-state index in [0.717, 1.165) is 41.9 Å². The number of carbonyl (C=O) groups excluding carboxylic acids is 1. The maximum Gasteiger partial charge on any atom is 0.410 e. The number of benzene rings is 2. The van der Waals surface area contributed by atoms with Crippen LogP contribution in [0.15, 0.2) is 52.9 Å². The molecule has 1 aliphatic rings. The second kappa shape index (κ2) is 11.8. The molecule has 4 rings (SSSR count). The molecule has 31 heavy (non-hydrogen) atoms. The zero-order valence-electron chi connectivity index (χ0n) is 17.4. The first-order valence-corrected chi connectivity index (χ1v) is 9.97. The number of carbonyl (C=O) groups is 1. The van der Waals surface area contributed by atoms with E-state index in [1.807, 2.05) is 55.5 Å². The quantitative estimate of drug-likeness (QED) is 0.560. The first-order valence-electron chi connectivity index (χ1n) is 9.97. The maximum atomic E-state index is 12.4. The summed E-state index contributed by atoms with van der Waals surface area (Å²) >= 11 is 0. The monoisotopic (exact) mass is 466 g/mol. The number of piperazine rings is 1. The lowest BCUT2D eigenvalue weighted by Gasteiger charge is -2.33. The van der Waals surface area contributed by atoms with Crippen molar-refractivity contribution >= 4 is 47.7 Å². The molecular formula is C22H28Cl2N4O3. The van der Waals surface area contributed by atoms with Crippen molar-refractivity contribution in [3.8, 4) is 0 Å². The number of oxazole rings is 1.